The Morgan fingerprint density at radius 1 is 0.818 bits per heavy atom. The minimum atomic E-state index is 0. The average Bonchev–Trinajstić information content (AvgIpc) is 2.53. The summed E-state index contributed by atoms with van der Waals surface area (Å²) >= 11 is 0. The maximum atomic E-state index is 8.03. The molecule has 0 aromatic heterocycles. The van der Waals surface area contributed by atoms with Crippen molar-refractivity contribution in [1.82, 2.24) is 0 Å². The molecule has 4 N–H and O–H groups in total. The Bertz CT molecular complexity index is 330. The summed E-state index contributed by atoms with van der Waals surface area (Å²) in [6, 6.07) is 0. The van der Waals surface area contributed by atoms with Crippen LogP contribution >= 0.6 is 0 Å². The van der Waals surface area contributed by atoms with Gasteiger partial charge in [-0.05, 0) is 27.7 Å². The molecule has 0 saturated heterocycles. The van der Waals surface area contributed by atoms with Crippen LogP contribution in [0.15, 0.2) is 33.3 Å². The predicted molar refractivity (Wildman–Crippen MR) is 84.4 cm³/mol. The van der Waals surface area contributed by atoms with Crippen molar-refractivity contribution < 1.29 is 37.6 Å². The molecule has 1 radical (unpaired) electrons. The topological polar surface area (TPSA) is 130 Å². The van der Waals surface area contributed by atoms with E-state index in [-0.39, 0.29) is 16.8 Å². The van der Waals surface area contributed by atoms with Gasteiger partial charge in [-0.25, -0.2) is 0 Å². The number of allylic oxidation sites excluding steroid dienone is 1. The number of hydrogen-bond donors (Lipinski definition) is 4. The van der Waals surface area contributed by atoms with Crippen LogP contribution in [0, 0.1) is 6.92 Å². The Labute approximate surface area is 141 Å². The Balaban J connectivity index is -0.000000111. The summed E-state index contributed by atoms with van der Waals surface area (Å²) in [6.07, 6.45) is 3.89. The number of rotatable bonds is 4. The van der Waals surface area contributed by atoms with E-state index in [1.165, 1.54) is 27.7 Å². The van der Waals surface area contributed by atoms with E-state index in [1.807, 2.05) is 6.08 Å². The van der Waals surface area contributed by atoms with Crippen molar-refractivity contribution in [2.75, 3.05) is 0 Å². The van der Waals surface area contributed by atoms with E-state index < -0.39 is 0 Å². The van der Waals surface area contributed by atoms with Crippen molar-refractivity contribution in [2.45, 2.75) is 40.5 Å². The standard InChI is InChI=1S/C5H9.2C4H8N2O2.Co/c1-3-5-4-2;2*1-3(5-7)4(2)6-8;/h3H,1-2,4-5H2;2*7-8H,1-2H3;/q-1;;;/b;2*5-3+,6-4+;. The summed E-state index contributed by atoms with van der Waals surface area (Å²) in [6.45, 7) is 13.3. The van der Waals surface area contributed by atoms with Crippen molar-refractivity contribution in [3.8, 4) is 0 Å². The van der Waals surface area contributed by atoms with Crippen LogP contribution in [0.3, 0.4) is 0 Å². The molecule has 9 heteroatoms. The second-order valence-corrected chi connectivity index (χ2v) is 3.67. The monoisotopic (exact) mass is 360 g/mol. The summed E-state index contributed by atoms with van der Waals surface area (Å²) in [7, 11) is 0. The number of unbranched alkanes of at least 4 members (excludes halogenated alkanes) is 1. The Morgan fingerprint density at radius 2 is 1.05 bits per heavy atom. The largest absolute Gasteiger partial charge is 0.411 e. The molecule has 0 fully saturated rings. The van der Waals surface area contributed by atoms with Gasteiger partial charge in [0.15, 0.2) is 0 Å². The summed E-state index contributed by atoms with van der Waals surface area (Å²) in [4.78, 5) is 0. The van der Waals surface area contributed by atoms with E-state index in [2.05, 4.69) is 34.1 Å². The molecule has 0 atom stereocenters. The second kappa shape index (κ2) is 21.4. The van der Waals surface area contributed by atoms with Crippen LogP contribution < -0.4 is 0 Å². The first-order valence-corrected chi connectivity index (χ1v) is 6.01. The third kappa shape index (κ3) is 20.4. The van der Waals surface area contributed by atoms with Crippen LogP contribution in [-0.4, -0.2) is 43.7 Å². The van der Waals surface area contributed by atoms with E-state index in [9.17, 15) is 0 Å². The van der Waals surface area contributed by atoms with Crippen LogP contribution in [0.2, 0.25) is 0 Å². The number of oxime groups is 4. The normalized spacial score (nSPS) is 12.0. The van der Waals surface area contributed by atoms with Gasteiger partial charge in [-0.15, -0.1) is 6.58 Å². The molecule has 0 heterocycles. The SMILES string of the molecule is C=CCC[CH2-].CC(=N\O)/C(C)=N/O.CC(=N\O)/C(C)=N/O.[Co]. The summed E-state index contributed by atoms with van der Waals surface area (Å²) in [5.74, 6) is 0. The molecule has 0 unspecified atom stereocenters. The molecular formula is C13H25CoN4O4-. The van der Waals surface area contributed by atoms with Crippen LogP contribution in [0.25, 0.3) is 0 Å². The second-order valence-electron chi connectivity index (χ2n) is 3.67. The Hall–Kier alpha value is -1.87. The van der Waals surface area contributed by atoms with E-state index >= 15 is 0 Å². The van der Waals surface area contributed by atoms with E-state index in [4.69, 9.17) is 20.8 Å². The van der Waals surface area contributed by atoms with E-state index in [0.717, 1.165) is 12.8 Å². The van der Waals surface area contributed by atoms with Crippen molar-refractivity contribution in [1.29, 1.82) is 0 Å². The molecule has 0 aliphatic heterocycles. The fourth-order valence-corrected chi connectivity index (χ4v) is 0.434. The van der Waals surface area contributed by atoms with E-state index in [1.54, 1.807) is 0 Å². The van der Waals surface area contributed by atoms with Gasteiger partial charge >= 0.3 is 0 Å². The number of nitrogens with zero attached hydrogens (tertiary/aromatic N) is 4. The van der Waals surface area contributed by atoms with Crippen molar-refractivity contribution in [3.63, 3.8) is 0 Å². The fraction of sp³-hybridized carbons (Fsp3) is 0.462. The first kappa shape index (κ1) is 28.3. The van der Waals surface area contributed by atoms with Gasteiger partial charge in [-0.3, -0.25) is 0 Å². The molecule has 0 amide bonds. The zero-order chi connectivity index (χ0) is 17.3. The van der Waals surface area contributed by atoms with Crippen LogP contribution in [-0.2, 0) is 16.8 Å². The van der Waals surface area contributed by atoms with Gasteiger partial charge in [0.1, 0.15) is 22.8 Å². The summed E-state index contributed by atoms with van der Waals surface area (Å²) < 4.78 is 0. The van der Waals surface area contributed by atoms with Gasteiger partial charge in [0.05, 0.1) is 0 Å². The summed E-state index contributed by atoms with van der Waals surface area (Å²) in [5.41, 5.74) is 1.25. The molecule has 131 valence electrons. The predicted octanol–water partition coefficient (Wildman–Crippen LogP) is 3.16. The molecule has 0 aliphatic rings. The van der Waals surface area contributed by atoms with Gasteiger partial charge in [-0.2, -0.15) is 6.42 Å². The zero-order valence-corrected chi connectivity index (χ0v) is 14.4. The molecule has 0 aliphatic carbocycles. The Morgan fingerprint density at radius 3 is 1.09 bits per heavy atom. The molecular weight excluding hydrogens is 335 g/mol. The third-order valence-corrected chi connectivity index (χ3v) is 2.06. The third-order valence-electron chi connectivity index (χ3n) is 2.06. The molecule has 8 nitrogen and oxygen atoms in total. The summed E-state index contributed by atoms with van der Waals surface area (Å²) in [5, 5.41) is 43.3. The fourth-order valence-electron chi connectivity index (χ4n) is 0.434. The maximum absolute atomic E-state index is 8.03. The van der Waals surface area contributed by atoms with Crippen molar-refractivity contribution in [3.05, 3.63) is 19.6 Å². The molecule has 22 heavy (non-hydrogen) atoms. The van der Waals surface area contributed by atoms with Crippen LogP contribution in [0.4, 0.5) is 0 Å². The van der Waals surface area contributed by atoms with Gasteiger partial charge in [0, 0.05) is 16.8 Å². The molecule has 0 aromatic rings. The van der Waals surface area contributed by atoms with Crippen LogP contribution in [0.1, 0.15) is 40.5 Å². The van der Waals surface area contributed by atoms with E-state index in [0.29, 0.717) is 22.8 Å². The first-order chi connectivity index (χ1) is 9.85. The molecule has 0 spiro atoms. The average molecular weight is 360 g/mol. The van der Waals surface area contributed by atoms with Gasteiger partial charge in [0.2, 0.25) is 0 Å². The minimum absolute atomic E-state index is 0. The first-order valence-electron chi connectivity index (χ1n) is 6.01. The minimum Gasteiger partial charge on any atom is -0.411 e. The van der Waals surface area contributed by atoms with Crippen molar-refractivity contribution >= 4 is 22.8 Å². The van der Waals surface area contributed by atoms with Gasteiger partial charge in [-0.1, -0.05) is 33.1 Å². The number of hydrogen-bond acceptors (Lipinski definition) is 8. The molecule has 0 rings (SSSR count). The van der Waals surface area contributed by atoms with Gasteiger partial charge in [0.25, 0.3) is 0 Å². The molecule has 0 bridgehead atoms. The van der Waals surface area contributed by atoms with Gasteiger partial charge < -0.3 is 27.8 Å². The van der Waals surface area contributed by atoms with Crippen LogP contribution in [0.5, 0.6) is 0 Å². The smallest absolute Gasteiger partial charge is 0.101 e. The maximum Gasteiger partial charge on any atom is 0.101 e. The zero-order valence-electron chi connectivity index (χ0n) is 13.3. The van der Waals surface area contributed by atoms with Crippen molar-refractivity contribution in [2.24, 2.45) is 20.6 Å². The Kier molecular flexibility index (Phi) is 27.6. The molecule has 0 saturated carbocycles. The quantitative estimate of drug-likeness (QED) is 0.202. The molecule has 0 aromatic carbocycles.